The molecule has 0 fully saturated rings. The van der Waals surface area contributed by atoms with E-state index < -0.39 is 0 Å². The van der Waals surface area contributed by atoms with Crippen molar-refractivity contribution in [2.75, 3.05) is 0 Å². The molecule has 0 bridgehead atoms. The smallest absolute Gasteiger partial charge is 0.0778 e. The SMILES string of the molecule is Cc1sc(C#Cc2ccccc2)cc1C(C)(C)C. The molecule has 0 unspecified atom stereocenters. The molecule has 2 rings (SSSR count). The minimum absolute atomic E-state index is 0.202. The summed E-state index contributed by atoms with van der Waals surface area (Å²) in [5.74, 6) is 6.48. The Hall–Kier alpha value is -1.52. The summed E-state index contributed by atoms with van der Waals surface area (Å²) in [7, 11) is 0. The highest BCUT2D eigenvalue weighted by atomic mass is 32.1. The number of benzene rings is 1. The molecule has 1 aromatic carbocycles. The lowest BCUT2D eigenvalue weighted by atomic mass is 9.87. The summed E-state index contributed by atoms with van der Waals surface area (Å²) < 4.78 is 0. The second kappa shape index (κ2) is 5.00. The first-order chi connectivity index (χ1) is 8.47. The first kappa shape index (κ1) is 12.9. The van der Waals surface area contributed by atoms with E-state index in [0.717, 1.165) is 10.4 Å². The van der Waals surface area contributed by atoms with Crippen LogP contribution in [0.2, 0.25) is 0 Å². The van der Waals surface area contributed by atoms with Crippen molar-refractivity contribution in [3.8, 4) is 11.8 Å². The second-order valence-electron chi connectivity index (χ2n) is 5.45. The van der Waals surface area contributed by atoms with E-state index >= 15 is 0 Å². The van der Waals surface area contributed by atoms with Crippen LogP contribution in [0.15, 0.2) is 36.4 Å². The molecule has 1 aromatic heterocycles. The van der Waals surface area contributed by atoms with E-state index in [-0.39, 0.29) is 5.41 Å². The zero-order valence-corrected chi connectivity index (χ0v) is 12.2. The highest BCUT2D eigenvalue weighted by Gasteiger charge is 2.18. The molecule has 0 nitrogen and oxygen atoms in total. The first-order valence-corrected chi connectivity index (χ1v) is 6.96. The molecule has 0 spiro atoms. The summed E-state index contributed by atoms with van der Waals surface area (Å²) in [6, 6.07) is 12.4. The number of rotatable bonds is 0. The Morgan fingerprint density at radius 2 is 1.67 bits per heavy atom. The van der Waals surface area contributed by atoms with Crippen molar-refractivity contribution in [1.82, 2.24) is 0 Å². The van der Waals surface area contributed by atoms with Crippen molar-refractivity contribution in [1.29, 1.82) is 0 Å². The molecule has 0 atom stereocenters. The van der Waals surface area contributed by atoms with E-state index in [1.165, 1.54) is 10.4 Å². The molecule has 1 heteroatoms. The van der Waals surface area contributed by atoms with Crippen molar-refractivity contribution in [3.05, 3.63) is 57.3 Å². The lowest BCUT2D eigenvalue weighted by molar-refractivity contribution is 0.589. The molecule has 18 heavy (non-hydrogen) atoms. The molecule has 0 N–H and O–H groups in total. The van der Waals surface area contributed by atoms with Gasteiger partial charge in [-0.15, -0.1) is 11.3 Å². The van der Waals surface area contributed by atoms with Gasteiger partial charge in [-0.25, -0.2) is 0 Å². The summed E-state index contributed by atoms with van der Waals surface area (Å²) in [6.07, 6.45) is 0. The van der Waals surface area contributed by atoms with Crippen molar-refractivity contribution in [2.45, 2.75) is 33.1 Å². The van der Waals surface area contributed by atoms with Gasteiger partial charge in [-0.2, -0.15) is 0 Å². The maximum absolute atomic E-state index is 3.26. The van der Waals surface area contributed by atoms with Gasteiger partial charge in [0, 0.05) is 10.4 Å². The predicted octanol–water partition coefficient (Wildman–Crippen LogP) is 4.75. The van der Waals surface area contributed by atoms with Crippen LogP contribution in [0.5, 0.6) is 0 Å². The molecule has 0 aliphatic rings. The summed E-state index contributed by atoms with van der Waals surface area (Å²) in [5, 5.41) is 0. The van der Waals surface area contributed by atoms with Crippen molar-refractivity contribution >= 4 is 11.3 Å². The Morgan fingerprint density at radius 3 is 2.22 bits per heavy atom. The quantitative estimate of drug-likeness (QED) is 0.595. The van der Waals surface area contributed by atoms with Crippen molar-refractivity contribution < 1.29 is 0 Å². The van der Waals surface area contributed by atoms with Crippen LogP contribution in [-0.2, 0) is 5.41 Å². The lowest BCUT2D eigenvalue weighted by Gasteiger charge is -2.17. The van der Waals surface area contributed by atoms with Crippen LogP contribution in [0.25, 0.3) is 0 Å². The molecule has 0 radical (unpaired) electrons. The van der Waals surface area contributed by atoms with E-state index in [1.54, 1.807) is 11.3 Å². The largest absolute Gasteiger partial charge is 0.132 e. The molecule has 0 aliphatic carbocycles. The molecule has 92 valence electrons. The average Bonchev–Trinajstić information content (AvgIpc) is 2.69. The number of thiophene rings is 1. The van der Waals surface area contributed by atoms with E-state index in [9.17, 15) is 0 Å². The van der Waals surface area contributed by atoms with E-state index in [0.29, 0.717) is 0 Å². The third-order valence-electron chi connectivity index (χ3n) is 2.83. The molecular formula is C17H18S. The zero-order valence-electron chi connectivity index (χ0n) is 11.4. The van der Waals surface area contributed by atoms with Crippen LogP contribution in [0.4, 0.5) is 0 Å². The number of hydrogen-bond acceptors (Lipinski definition) is 1. The van der Waals surface area contributed by atoms with Crippen LogP contribution in [0.3, 0.4) is 0 Å². The minimum atomic E-state index is 0.202. The van der Waals surface area contributed by atoms with E-state index in [2.05, 4.69) is 45.6 Å². The molecule has 2 aromatic rings. The van der Waals surface area contributed by atoms with Gasteiger partial charge in [-0.3, -0.25) is 0 Å². The molecule has 0 saturated heterocycles. The summed E-state index contributed by atoms with van der Waals surface area (Å²) in [4.78, 5) is 2.53. The maximum Gasteiger partial charge on any atom is 0.0778 e. The van der Waals surface area contributed by atoms with Gasteiger partial charge in [-0.1, -0.05) is 50.8 Å². The standard InChI is InChI=1S/C17H18S/c1-13-16(17(2,3)4)12-15(18-13)11-10-14-8-6-5-7-9-14/h5-9,12H,1-4H3. The van der Waals surface area contributed by atoms with Gasteiger partial charge in [0.1, 0.15) is 0 Å². The first-order valence-electron chi connectivity index (χ1n) is 6.15. The highest BCUT2D eigenvalue weighted by molar-refractivity contribution is 7.12. The second-order valence-corrected chi connectivity index (χ2v) is 6.70. The number of aryl methyl sites for hydroxylation is 1. The fourth-order valence-electron chi connectivity index (χ4n) is 1.94. The summed E-state index contributed by atoms with van der Waals surface area (Å²) in [5.41, 5.74) is 2.68. The third-order valence-corrected chi connectivity index (χ3v) is 3.80. The average molecular weight is 254 g/mol. The Bertz CT molecular complexity index is 586. The topological polar surface area (TPSA) is 0 Å². The lowest BCUT2D eigenvalue weighted by Crippen LogP contribution is -2.10. The van der Waals surface area contributed by atoms with Gasteiger partial charge in [0.05, 0.1) is 4.88 Å². The number of hydrogen-bond donors (Lipinski definition) is 0. The van der Waals surface area contributed by atoms with Crippen molar-refractivity contribution in [3.63, 3.8) is 0 Å². The van der Waals surface area contributed by atoms with Crippen LogP contribution in [-0.4, -0.2) is 0 Å². The minimum Gasteiger partial charge on any atom is -0.132 e. The zero-order chi connectivity index (χ0) is 13.2. The van der Waals surface area contributed by atoms with Crippen LogP contribution in [0.1, 0.15) is 41.7 Å². The van der Waals surface area contributed by atoms with E-state index in [4.69, 9.17) is 0 Å². The highest BCUT2D eigenvalue weighted by Crippen LogP contribution is 2.31. The fourth-order valence-corrected chi connectivity index (χ4v) is 3.03. The molecule has 0 aliphatic heterocycles. The van der Waals surface area contributed by atoms with Gasteiger partial charge >= 0.3 is 0 Å². The predicted molar refractivity (Wildman–Crippen MR) is 80.2 cm³/mol. The van der Waals surface area contributed by atoms with Gasteiger partial charge in [0.25, 0.3) is 0 Å². The van der Waals surface area contributed by atoms with Crippen molar-refractivity contribution in [2.24, 2.45) is 0 Å². The van der Waals surface area contributed by atoms with Gasteiger partial charge in [0.15, 0.2) is 0 Å². The molecular weight excluding hydrogens is 236 g/mol. The van der Waals surface area contributed by atoms with Gasteiger partial charge in [0.2, 0.25) is 0 Å². The Labute approximate surface area is 114 Å². The molecule has 1 heterocycles. The summed E-state index contributed by atoms with van der Waals surface area (Å²) >= 11 is 1.79. The Kier molecular flexibility index (Phi) is 3.59. The van der Waals surface area contributed by atoms with Crippen LogP contribution in [0, 0.1) is 18.8 Å². The molecule has 0 saturated carbocycles. The van der Waals surface area contributed by atoms with Crippen LogP contribution >= 0.6 is 11.3 Å². The monoisotopic (exact) mass is 254 g/mol. The fraction of sp³-hybridized carbons (Fsp3) is 0.294. The Balaban J connectivity index is 2.30. The van der Waals surface area contributed by atoms with Crippen LogP contribution < -0.4 is 0 Å². The van der Waals surface area contributed by atoms with E-state index in [1.807, 2.05) is 30.3 Å². The third kappa shape index (κ3) is 3.03. The normalized spacial score (nSPS) is 10.9. The summed E-state index contributed by atoms with van der Waals surface area (Å²) in [6.45, 7) is 8.92. The Morgan fingerprint density at radius 1 is 1.00 bits per heavy atom. The molecule has 0 amide bonds. The van der Waals surface area contributed by atoms with Gasteiger partial charge in [-0.05, 0) is 36.1 Å². The van der Waals surface area contributed by atoms with Gasteiger partial charge < -0.3 is 0 Å². The maximum atomic E-state index is 3.26.